The van der Waals surface area contributed by atoms with Crippen LogP contribution >= 0.6 is 23.1 Å². The fourth-order valence-corrected chi connectivity index (χ4v) is 4.01. The van der Waals surface area contributed by atoms with Crippen molar-refractivity contribution in [3.8, 4) is 0 Å². The Morgan fingerprint density at radius 2 is 2.29 bits per heavy atom. The van der Waals surface area contributed by atoms with Gasteiger partial charge < -0.3 is 4.74 Å². The smallest absolute Gasteiger partial charge is 0.150 e. The maximum Gasteiger partial charge on any atom is 0.150 e. The molecule has 2 nitrogen and oxygen atoms in total. The molecule has 4 heteroatoms. The highest BCUT2D eigenvalue weighted by atomic mass is 32.2. The van der Waals surface area contributed by atoms with Gasteiger partial charge in [-0.1, -0.05) is 31.5 Å². The molecule has 0 radical (unpaired) electrons. The fourth-order valence-electron chi connectivity index (χ4n) is 2.26. The number of aryl methyl sites for hydroxylation is 1. The van der Waals surface area contributed by atoms with Gasteiger partial charge in [0.05, 0.1) is 12.7 Å². The van der Waals surface area contributed by atoms with Gasteiger partial charge in [-0.25, -0.2) is 4.98 Å². The number of hydrogen-bond acceptors (Lipinski definition) is 4. The number of nitrogens with zero attached hydrogens (tertiary/aromatic N) is 1. The molecule has 0 N–H and O–H groups in total. The summed E-state index contributed by atoms with van der Waals surface area (Å²) >= 11 is 3.55. The molecule has 2 rings (SSSR count). The van der Waals surface area contributed by atoms with Gasteiger partial charge in [0.15, 0.2) is 0 Å². The lowest BCUT2D eigenvalue weighted by molar-refractivity contribution is 0.00347. The number of thiazole rings is 1. The van der Waals surface area contributed by atoms with E-state index in [1.54, 1.807) is 11.3 Å². The summed E-state index contributed by atoms with van der Waals surface area (Å²) in [4.78, 5) is 4.44. The van der Waals surface area contributed by atoms with Gasteiger partial charge in [0, 0.05) is 16.8 Å². The molecule has 96 valence electrons. The minimum Gasteiger partial charge on any atom is -0.377 e. The first kappa shape index (κ1) is 13.4. The monoisotopic (exact) mass is 271 g/mol. The summed E-state index contributed by atoms with van der Waals surface area (Å²) in [7, 11) is 0. The predicted octanol–water partition coefficient (Wildman–Crippen LogP) is 4.14. The number of ether oxygens (including phenoxy) is 1. The number of hydrogen-bond donors (Lipinski definition) is 0. The summed E-state index contributed by atoms with van der Waals surface area (Å²) in [6.07, 6.45) is 5.82. The highest BCUT2D eigenvalue weighted by Gasteiger charge is 2.21. The van der Waals surface area contributed by atoms with Crippen molar-refractivity contribution >= 4 is 23.1 Å². The third kappa shape index (κ3) is 4.27. The molecule has 0 spiro atoms. The molecule has 1 aliphatic rings. The first-order valence-electron chi connectivity index (χ1n) is 6.42. The van der Waals surface area contributed by atoms with Gasteiger partial charge >= 0.3 is 0 Å². The summed E-state index contributed by atoms with van der Waals surface area (Å²) in [6.45, 7) is 5.22. The summed E-state index contributed by atoms with van der Waals surface area (Å²) < 4.78 is 7.15. The average Bonchev–Trinajstić information content (AvgIpc) is 2.73. The highest BCUT2D eigenvalue weighted by molar-refractivity contribution is 8.01. The van der Waals surface area contributed by atoms with E-state index in [1.807, 2.05) is 18.7 Å². The quantitative estimate of drug-likeness (QED) is 0.593. The molecule has 0 amide bonds. The molecular weight excluding hydrogens is 250 g/mol. The van der Waals surface area contributed by atoms with Crippen molar-refractivity contribution in [3.05, 3.63) is 11.1 Å². The molecule has 1 heterocycles. The standard InChI is InChI=1S/C13H21NOS2/c1-10-5-3-4-6-12(10)15-7-8-16-13-14-11(2)9-17-13/h9-10,12H,3-8H2,1-2H3/t10-,12-/m1/s1. The van der Waals surface area contributed by atoms with Crippen molar-refractivity contribution in [2.24, 2.45) is 5.92 Å². The van der Waals surface area contributed by atoms with E-state index in [9.17, 15) is 0 Å². The molecule has 0 unspecified atom stereocenters. The van der Waals surface area contributed by atoms with Crippen molar-refractivity contribution in [1.29, 1.82) is 0 Å². The topological polar surface area (TPSA) is 22.1 Å². The van der Waals surface area contributed by atoms with Crippen LogP contribution in [-0.4, -0.2) is 23.4 Å². The maximum atomic E-state index is 5.98. The lowest BCUT2D eigenvalue weighted by Gasteiger charge is -2.28. The van der Waals surface area contributed by atoms with Crippen molar-refractivity contribution in [3.63, 3.8) is 0 Å². The van der Waals surface area contributed by atoms with Crippen LogP contribution in [0.15, 0.2) is 9.72 Å². The van der Waals surface area contributed by atoms with Crippen molar-refractivity contribution in [2.45, 2.75) is 50.0 Å². The van der Waals surface area contributed by atoms with E-state index >= 15 is 0 Å². The van der Waals surface area contributed by atoms with Crippen LogP contribution in [0, 0.1) is 12.8 Å². The molecular formula is C13H21NOS2. The van der Waals surface area contributed by atoms with Crippen LogP contribution in [0.5, 0.6) is 0 Å². The van der Waals surface area contributed by atoms with E-state index in [-0.39, 0.29) is 0 Å². The second kappa shape index (κ2) is 6.76. The van der Waals surface area contributed by atoms with Gasteiger partial charge in [-0.2, -0.15) is 0 Å². The molecule has 1 saturated carbocycles. The van der Waals surface area contributed by atoms with Crippen LogP contribution in [0.2, 0.25) is 0 Å². The van der Waals surface area contributed by atoms with Crippen LogP contribution in [0.1, 0.15) is 38.3 Å². The molecule has 0 bridgehead atoms. The summed E-state index contributed by atoms with van der Waals surface area (Å²) in [5.41, 5.74) is 1.12. The zero-order valence-electron chi connectivity index (χ0n) is 10.6. The van der Waals surface area contributed by atoms with Gasteiger partial charge in [0.2, 0.25) is 0 Å². The van der Waals surface area contributed by atoms with Crippen molar-refractivity contribution < 1.29 is 4.74 Å². The Morgan fingerprint density at radius 1 is 1.47 bits per heavy atom. The van der Waals surface area contributed by atoms with Gasteiger partial charge in [-0.15, -0.1) is 11.3 Å². The lowest BCUT2D eigenvalue weighted by Crippen LogP contribution is -2.26. The number of thioether (sulfide) groups is 1. The Balaban J connectivity index is 1.62. The van der Waals surface area contributed by atoms with Crippen LogP contribution < -0.4 is 0 Å². The molecule has 1 aliphatic carbocycles. The van der Waals surface area contributed by atoms with Gasteiger partial charge in [0.25, 0.3) is 0 Å². The second-order valence-corrected chi connectivity index (χ2v) is 6.97. The fraction of sp³-hybridized carbons (Fsp3) is 0.769. The SMILES string of the molecule is Cc1csc(SCCO[C@@H]2CCCC[C@H]2C)n1. The second-order valence-electron chi connectivity index (χ2n) is 4.77. The van der Waals surface area contributed by atoms with Crippen LogP contribution in [0.25, 0.3) is 0 Å². The Hall–Kier alpha value is -0.0600. The normalized spacial score (nSPS) is 25.1. The Morgan fingerprint density at radius 3 is 3.00 bits per heavy atom. The highest BCUT2D eigenvalue weighted by Crippen LogP contribution is 2.27. The number of rotatable bonds is 5. The molecule has 1 fully saturated rings. The average molecular weight is 271 g/mol. The van der Waals surface area contributed by atoms with E-state index in [0.717, 1.165) is 24.0 Å². The van der Waals surface area contributed by atoms with E-state index < -0.39 is 0 Å². The van der Waals surface area contributed by atoms with Gasteiger partial charge in [0.1, 0.15) is 4.34 Å². The summed E-state index contributed by atoms with van der Waals surface area (Å²) in [5.74, 6) is 1.77. The minimum absolute atomic E-state index is 0.502. The van der Waals surface area contributed by atoms with Crippen LogP contribution in [-0.2, 0) is 4.74 Å². The minimum atomic E-state index is 0.502. The van der Waals surface area contributed by atoms with Crippen molar-refractivity contribution in [2.75, 3.05) is 12.4 Å². The zero-order chi connectivity index (χ0) is 12.1. The van der Waals surface area contributed by atoms with E-state index in [0.29, 0.717) is 6.10 Å². The molecule has 0 aliphatic heterocycles. The Kier molecular flexibility index (Phi) is 5.32. The van der Waals surface area contributed by atoms with Crippen molar-refractivity contribution in [1.82, 2.24) is 4.98 Å². The zero-order valence-corrected chi connectivity index (χ0v) is 12.3. The molecule has 1 aromatic rings. The molecule has 0 aromatic carbocycles. The first-order valence-corrected chi connectivity index (χ1v) is 8.29. The molecule has 17 heavy (non-hydrogen) atoms. The Labute approximate surface area is 112 Å². The lowest BCUT2D eigenvalue weighted by atomic mass is 9.88. The molecule has 0 saturated heterocycles. The number of aromatic nitrogens is 1. The van der Waals surface area contributed by atoms with E-state index in [2.05, 4.69) is 17.3 Å². The largest absolute Gasteiger partial charge is 0.377 e. The molecule has 1 aromatic heterocycles. The summed E-state index contributed by atoms with van der Waals surface area (Å²) in [5, 5.41) is 2.10. The third-order valence-corrected chi connectivity index (χ3v) is 5.37. The Bertz CT molecular complexity index is 340. The maximum absolute atomic E-state index is 5.98. The first-order chi connectivity index (χ1) is 8.25. The van der Waals surface area contributed by atoms with Crippen LogP contribution in [0.4, 0.5) is 0 Å². The van der Waals surface area contributed by atoms with E-state index in [1.165, 1.54) is 30.0 Å². The van der Waals surface area contributed by atoms with E-state index in [4.69, 9.17) is 4.74 Å². The van der Waals surface area contributed by atoms with Gasteiger partial charge in [-0.3, -0.25) is 0 Å². The predicted molar refractivity (Wildman–Crippen MR) is 74.9 cm³/mol. The van der Waals surface area contributed by atoms with Gasteiger partial charge in [-0.05, 0) is 25.7 Å². The van der Waals surface area contributed by atoms with Crippen LogP contribution in [0.3, 0.4) is 0 Å². The summed E-state index contributed by atoms with van der Waals surface area (Å²) in [6, 6.07) is 0. The third-order valence-electron chi connectivity index (χ3n) is 3.27. The molecule has 2 atom stereocenters.